The molecular formula is C13H20ClN. The lowest BCUT2D eigenvalue weighted by Gasteiger charge is -2.23. The first-order valence-corrected chi connectivity index (χ1v) is 6.00. The molecule has 2 heteroatoms. The third kappa shape index (κ3) is 5.19. The summed E-state index contributed by atoms with van der Waals surface area (Å²) in [5.74, 6) is 0. The average Bonchev–Trinajstić information content (AvgIpc) is 2.19. The van der Waals surface area contributed by atoms with Crippen LogP contribution in [0.5, 0.6) is 0 Å². The fourth-order valence-corrected chi connectivity index (χ4v) is 1.95. The zero-order valence-corrected chi connectivity index (χ0v) is 10.3. The van der Waals surface area contributed by atoms with Gasteiger partial charge in [-0.3, -0.25) is 5.32 Å². The van der Waals surface area contributed by atoms with E-state index < -0.39 is 0 Å². The van der Waals surface area contributed by atoms with Crippen LogP contribution in [-0.2, 0) is 6.42 Å². The van der Waals surface area contributed by atoms with E-state index in [1.807, 2.05) is 13.0 Å². The lowest BCUT2D eigenvalue weighted by molar-refractivity contribution is 0.457. The molecule has 1 unspecified atom stereocenters. The predicted octanol–water partition coefficient (Wildman–Crippen LogP) is 3.57. The molecule has 0 aliphatic rings. The first kappa shape index (κ1) is 12.5. The Balaban J connectivity index is 2.27. The molecule has 0 spiro atoms. The van der Waals surface area contributed by atoms with Crippen LogP contribution in [0.15, 0.2) is 30.3 Å². The van der Waals surface area contributed by atoms with Crippen molar-refractivity contribution in [2.24, 2.45) is 0 Å². The number of rotatable bonds is 6. The lowest BCUT2D eigenvalue weighted by atomic mass is 10.1. The van der Waals surface area contributed by atoms with E-state index in [1.165, 1.54) is 5.56 Å². The van der Waals surface area contributed by atoms with Crippen molar-refractivity contribution in [3.63, 3.8) is 0 Å². The summed E-state index contributed by atoms with van der Waals surface area (Å²) in [6.07, 6.45) is 3.15. The van der Waals surface area contributed by atoms with Crippen LogP contribution in [-0.4, -0.2) is 11.5 Å². The van der Waals surface area contributed by atoms with Gasteiger partial charge < -0.3 is 0 Å². The molecule has 0 radical (unpaired) electrons. The molecule has 0 saturated carbocycles. The molecule has 0 bridgehead atoms. The molecule has 0 heterocycles. The first-order chi connectivity index (χ1) is 7.14. The minimum absolute atomic E-state index is 0.246. The Bertz CT molecular complexity index is 269. The van der Waals surface area contributed by atoms with Crippen molar-refractivity contribution in [2.75, 3.05) is 6.54 Å². The summed E-state index contributed by atoms with van der Waals surface area (Å²) in [5, 5.41) is 3.37. The van der Waals surface area contributed by atoms with E-state index in [0.29, 0.717) is 0 Å². The van der Waals surface area contributed by atoms with Crippen LogP contribution >= 0.6 is 11.6 Å². The number of hydrogen-bond acceptors (Lipinski definition) is 1. The van der Waals surface area contributed by atoms with Crippen molar-refractivity contribution < 1.29 is 0 Å². The minimum atomic E-state index is -0.246. The second-order valence-corrected chi connectivity index (χ2v) is 4.94. The summed E-state index contributed by atoms with van der Waals surface area (Å²) >= 11 is 6.29. The van der Waals surface area contributed by atoms with E-state index in [1.54, 1.807) is 0 Å². The van der Waals surface area contributed by atoms with E-state index in [2.05, 4.69) is 36.5 Å². The van der Waals surface area contributed by atoms with Crippen molar-refractivity contribution in [1.82, 2.24) is 5.32 Å². The number of halogens is 1. The van der Waals surface area contributed by atoms with E-state index in [9.17, 15) is 0 Å². The largest absolute Gasteiger partial charge is 0.299 e. The van der Waals surface area contributed by atoms with Gasteiger partial charge in [-0.25, -0.2) is 0 Å². The second-order valence-electron chi connectivity index (χ2n) is 4.11. The summed E-state index contributed by atoms with van der Waals surface area (Å²) in [6, 6.07) is 10.5. The SMILES string of the molecule is CCCC(C)(Cl)NCCc1ccccc1. The van der Waals surface area contributed by atoms with Crippen LogP contribution in [0.4, 0.5) is 0 Å². The van der Waals surface area contributed by atoms with Crippen LogP contribution < -0.4 is 5.32 Å². The van der Waals surface area contributed by atoms with Crippen molar-refractivity contribution in [1.29, 1.82) is 0 Å². The number of benzene rings is 1. The van der Waals surface area contributed by atoms with Gasteiger partial charge in [0.1, 0.15) is 0 Å². The number of hydrogen-bond donors (Lipinski definition) is 1. The topological polar surface area (TPSA) is 12.0 Å². The minimum Gasteiger partial charge on any atom is -0.299 e. The fourth-order valence-electron chi connectivity index (χ4n) is 1.67. The van der Waals surface area contributed by atoms with Crippen molar-refractivity contribution in [2.45, 2.75) is 38.1 Å². The third-order valence-corrected chi connectivity index (χ3v) is 2.79. The second kappa shape index (κ2) is 6.14. The van der Waals surface area contributed by atoms with Gasteiger partial charge in [0.25, 0.3) is 0 Å². The van der Waals surface area contributed by atoms with Crippen LogP contribution in [0.1, 0.15) is 32.3 Å². The molecule has 1 aromatic rings. The smallest absolute Gasteiger partial charge is 0.0907 e. The van der Waals surface area contributed by atoms with Gasteiger partial charge in [-0.2, -0.15) is 0 Å². The summed E-state index contributed by atoms with van der Waals surface area (Å²) in [7, 11) is 0. The molecule has 0 aliphatic carbocycles. The molecule has 0 aromatic heterocycles. The fraction of sp³-hybridized carbons (Fsp3) is 0.538. The van der Waals surface area contributed by atoms with Crippen LogP contribution in [0, 0.1) is 0 Å². The predicted molar refractivity (Wildman–Crippen MR) is 67.3 cm³/mol. The van der Waals surface area contributed by atoms with Crippen LogP contribution in [0.3, 0.4) is 0 Å². The van der Waals surface area contributed by atoms with Crippen molar-refractivity contribution >= 4 is 11.6 Å². The number of nitrogens with one attached hydrogen (secondary N) is 1. The van der Waals surface area contributed by atoms with Gasteiger partial charge in [0.15, 0.2) is 0 Å². The molecule has 15 heavy (non-hydrogen) atoms. The van der Waals surface area contributed by atoms with Crippen molar-refractivity contribution in [3.05, 3.63) is 35.9 Å². The van der Waals surface area contributed by atoms with Crippen molar-refractivity contribution in [3.8, 4) is 0 Å². The standard InChI is InChI=1S/C13H20ClN/c1-3-10-13(2,14)15-11-9-12-7-5-4-6-8-12/h4-8,15H,3,9-11H2,1-2H3. The van der Waals surface area contributed by atoms with E-state index in [4.69, 9.17) is 11.6 Å². The quantitative estimate of drug-likeness (QED) is 0.577. The molecule has 0 fully saturated rings. The van der Waals surface area contributed by atoms with Gasteiger partial charge in [-0.1, -0.05) is 43.7 Å². The monoisotopic (exact) mass is 225 g/mol. The summed E-state index contributed by atoms with van der Waals surface area (Å²) in [6.45, 7) is 5.13. The normalized spacial score (nSPS) is 14.9. The van der Waals surface area contributed by atoms with Gasteiger partial charge in [0, 0.05) is 6.54 Å². The Hall–Kier alpha value is -0.530. The zero-order valence-electron chi connectivity index (χ0n) is 9.59. The molecule has 0 aliphatic heterocycles. The maximum atomic E-state index is 6.29. The van der Waals surface area contributed by atoms with Gasteiger partial charge >= 0.3 is 0 Å². The summed E-state index contributed by atoms with van der Waals surface area (Å²) in [5.41, 5.74) is 1.36. The summed E-state index contributed by atoms with van der Waals surface area (Å²) < 4.78 is 0. The van der Waals surface area contributed by atoms with Gasteiger partial charge in [0.05, 0.1) is 5.00 Å². The Morgan fingerprint density at radius 3 is 2.53 bits per heavy atom. The Kier molecular flexibility index (Phi) is 5.13. The highest BCUT2D eigenvalue weighted by molar-refractivity contribution is 6.23. The highest BCUT2D eigenvalue weighted by Gasteiger charge is 2.17. The molecule has 1 N–H and O–H groups in total. The first-order valence-electron chi connectivity index (χ1n) is 5.62. The highest BCUT2D eigenvalue weighted by atomic mass is 35.5. The molecule has 0 amide bonds. The van der Waals surface area contributed by atoms with E-state index >= 15 is 0 Å². The number of alkyl halides is 1. The Labute approximate surface area is 97.8 Å². The van der Waals surface area contributed by atoms with E-state index in [-0.39, 0.29) is 5.00 Å². The maximum Gasteiger partial charge on any atom is 0.0907 e. The van der Waals surface area contributed by atoms with Gasteiger partial charge in [0.2, 0.25) is 0 Å². The molecule has 1 rings (SSSR count). The molecule has 84 valence electrons. The van der Waals surface area contributed by atoms with Crippen LogP contribution in [0.25, 0.3) is 0 Å². The highest BCUT2D eigenvalue weighted by Crippen LogP contribution is 2.16. The van der Waals surface area contributed by atoms with E-state index in [0.717, 1.165) is 25.8 Å². The summed E-state index contributed by atoms with van der Waals surface area (Å²) in [4.78, 5) is -0.246. The third-order valence-electron chi connectivity index (χ3n) is 2.47. The Morgan fingerprint density at radius 2 is 1.93 bits per heavy atom. The molecule has 1 nitrogen and oxygen atoms in total. The maximum absolute atomic E-state index is 6.29. The Morgan fingerprint density at radius 1 is 1.27 bits per heavy atom. The average molecular weight is 226 g/mol. The van der Waals surface area contributed by atoms with Gasteiger partial charge in [-0.05, 0) is 25.3 Å². The molecule has 0 saturated heterocycles. The molecule has 1 aromatic carbocycles. The van der Waals surface area contributed by atoms with Crippen LogP contribution in [0.2, 0.25) is 0 Å². The molecular weight excluding hydrogens is 206 g/mol. The lowest BCUT2D eigenvalue weighted by Crippen LogP contribution is -2.37. The van der Waals surface area contributed by atoms with Gasteiger partial charge in [-0.15, -0.1) is 11.6 Å². The zero-order chi connectivity index (χ0) is 11.1. The molecule has 1 atom stereocenters.